The summed E-state index contributed by atoms with van der Waals surface area (Å²) in [5.41, 5.74) is 2.75. The second kappa shape index (κ2) is 4.79. The summed E-state index contributed by atoms with van der Waals surface area (Å²) in [5.74, 6) is 1.19. The zero-order valence-electron chi connectivity index (χ0n) is 9.84. The van der Waals surface area contributed by atoms with E-state index in [1.165, 1.54) is 36.5 Å². The number of rotatable bonds is 4. The summed E-state index contributed by atoms with van der Waals surface area (Å²) < 4.78 is 2.42. The van der Waals surface area contributed by atoms with Gasteiger partial charge in [-0.2, -0.15) is 0 Å². The van der Waals surface area contributed by atoms with Crippen molar-refractivity contribution in [2.45, 2.75) is 52.6 Å². The second-order valence-corrected chi connectivity index (χ2v) is 4.34. The predicted octanol–water partition coefficient (Wildman–Crippen LogP) is 2.03. The molecule has 0 saturated carbocycles. The minimum Gasteiger partial charge on any atom is -0.332 e. The Kier molecular flexibility index (Phi) is 3.41. The van der Waals surface area contributed by atoms with Crippen LogP contribution < -0.4 is 5.32 Å². The Labute approximate surface area is 91.9 Å². The minimum absolute atomic E-state index is 0.955. The molecule has 0 aromatic carbocycles. The molecule has 0 spiro atoms. The van der Waals surface area contributed by atoms with Crippen LogP contribution in [0.25, 0.3) is 0 Å². The van der Waals surface area contributed by atoms with Crippen molar-refractivity contribution in [2.75, 3.05) is 6.54 Å². The number of nitrogens with zero attached hydrogens (tertiary/aromatic N) is 2. The van der Waals surface area contributed by atoms with Crippen molar-refractivity contribution >= 4 is 0 Å². The van der Waals surface area contributed by atoms with E-state index in [-0.39, 0.29) is 0 Å². The predicted molar refractivity (Wildman–Crippen MR) is 61.9 cm³/mol. The van der Waals surface area contributed by atoms with Crippen molar-refractivity contribution in [2.24, 2.45) is 0 Å². The number of aryl methyl sites for hydroxylation is 1. The summed E-state index contributed by atoms with van der Waals surface area (Å²) in [6.07, 6.45) is 5.04. The van der Waals surface area contributed by atoms with Crippen LogP contribution >= 0.6 is 0 Å². The first kappa shape index (κ1) is 10.7. The van der Waals surface area contributed by atoms with E-state index in [4.69, 9.17) is 0 Å². The number of imidazole rings is 1. The summed E-state index contributed by atoms with van der Waals surface area (Å²) in [7, 11) is 0. The number of aromatic nitrogens is 2. The van der Waals surface area contributed by atoms with Gasteiger partial charge < -0.3 is 9.88 Å². The van der Waals surface area contributed by atoms with Crippen molar-refractivity contribution in [3.8, 4) is 0 Å². The van der Waals surface area contributed by atoms with Crippen LogP contribution in [0.3, 0.4) is 0 Å². The number of nitrogens with one attached hydrogen (secondary N) is 1. The largest absolute Gasteiger partial charge is 0.332 e. The highest BCUT2D eigenvalue weighted by Crippen LogP contribution is 2.16. The molecule has 0 atom stereocenters. The van der Waals surface area contributed by atoms with Crippen LogP contribution in [-0.4, -0.2) is 16.1 Å². The molecule has 0 amide bonds. The van der Waals surface area contributed by atoms with E-state index in [1.807, 2.05) is 0 Å². The lowest BCUT2D eigenvalue weighted by molar-refractivity contribution is 0.549. The highest BCUT2D eigenvalue weighted by Gasteiger charge is 2.16. The first-order valence-corrected chi connectivity index (χ1v) is 6.08. The van der Waals surface area contributed by atoms with E-state index in [1.54, 1.807) is 0 Å². The van der Waals surface area contributed by atoms with Gasteiger partial charge >= 0.3 is 0 Å². The van der Waals surface area contributed by atoms with Gasteiger partial charge in [-0.1, -0.05) is 19.8 Å². The van der Waals surface area contributed by atoms with E-state index in [0.29, 0.717) is 0 Å². The molecule has 2 heterocycles. The normalized spacial score (nSPS) is 15.3. The third-order valence-corrected chi connectivity index (χ3v) is 3.16. The van der Waals surface area contributed by atoms with Crippen molar-refractivity contribution in [1.29, 1.82) is 0 Å². The lowest BCUT2D eigenvalue weighted by Crippen LogP contribution is -2.25. The molecule has 0 fully saturated rings. The molecule has 0 saturated heterocycles. The molecule has 1 N–H and O–H groups in total. The Bertz CT molecular complexity index is 328. The van der Waals surface area contributed by atoms with Crippen LogP contribution in [0.5, 0.6) is 0 Å². The Balaban J connectivity index is 2.11. The Morgan fingerprint density at radius 2 is 2.27 bits per heavy atom. The minimum atomic E-state index is 0.955. The molecule has 15 heavy (non-hydrogen) atoms. The van der Waals surface area contributed by atoms with Gasteiger partial charge in [0.2, 0.25) is 0 Å². The van der Waals surface area contributed by atoms with Crippen molar-refractivity contribution in [1.82, 2.24) is 14.9 Å². The van der Waals surface area contributed by atoms with Gasteiger partial charge in [0.25, 0.3) is 0 Å². The van der Waals surface area contributed by atoms with Crippen LogP contribution in [0.4, 0.5) is 0 Å². The average molecular weight is 207 g/mol. The third-order valence-electron chi connectivity index (χ3n) is 3.16. The standard InChI is InChI=1S/C12H21N3/c1-3-4-5-8-15-10(2)14-11-9-13-7-6-12(11)15/h13H,3-9H2,1-2H3. The number of hydrogen-bond donors (Lipinski definition) is 1. The highest BCUT2D eigenvalue weighted by atomic mass is 15.1. The van der Waals surface area contributed by atoms with Crippen LogP contribution in [0.15, 0.2) is 0 Å². The quantitative estimate of drug-likeness (QED) is 0.766. The van der Waals surface area contributed by atoms with Crippen molar-refractivity contribution in [3.05, 3.63) is 17.2 Å². The van der Waals surface area contributed by atoms with E-state index in [2.05, 4.69) is 28.7 Å². The molecule has 2 rings (SSSR count). The fraction of sp³-hybridized carbons (Fsp3) is 0.750. The lowest BCUT2D eigenvalue weighted by Gasteiger charge is -2.15. The van der Waals surface area contributed by atoms with Gasteiger partial charge in [-0.25, -0.2) is 4.98 Å². The van der Waals surface area contributed by atoms with Gasteiger partial charge in [0, 0.05) is 31.7 Å². The van der Waals surface area contributed by atoms with E-state index in [9.17, 15) is 0 Å². The fourth-order valence-corrected chi connectivity index (χ4v) is 2.32. The molecule has 3 nitrogen and oxygen atoms in total. The fourth-order valence-electron chi connectivity index (χ4n) is 2.32. The van der Waals surface area contributed by atoms with Gasteiger partial charge in [0.1, 0.15) is 5.82 Å². The van der Waals surface area contributed by atoms with Gasteiger partial charge in [-0.3, -0.25) is 0 Å². The van der Waals surface area contributed by atoms with Gasteiger partial charge in [-0.15, -0.1) is 0 Å². The molecule has 3 heteroatoms. The molecule has 1 aliphatic heterocycles. The first-order chi connectivity index (χ1) is 7.33. The number of fused-ring (bicyclic) bond motifs is 1. The zero-order valence-corrected chi connectivity index (χ0v) is 9.84. The number of unbranched alkanes of at least 4 members (excludes halogenated alkanes) is 2. The van der Waals surface area contributed by atoms with Crippen LogP contribution in [0.2, 0.25) is 0 Å². The van der Waals surface area contributed by atoms with Crippen LogP contribution in [0.1, 0.15) is 43.4 Å². The van der Waals surface area contributed by atoms with Crippen molar-refractivity contribution in [3.63, 3.8) is 0 Å². The van der Waals surface area contributed by atoms with E-state index >= 15 is 0 Å². The number of hydrogen-bond acceptors (Lipinski definition) is 2. The maximum absolute atomic E-state index is 4.63. The Morgan fingerprint density at radius 3 is 3.07 bits per heavy atom. The third kappa shape index (κ3) is 2.23. The molecule has 0 radical (unpaired) electrons. The summed E-state index contributed by atoms with van der Waals surface area (Å²) >= 11 is 0. The first-order valence-electron chi connectivity index (χ1n) is 6.08. The summed E-state index contributed by atoms with van der Waals surface area (Å²) in [6, 6.07) is 0. The average Bonchev–Trinajstić information content (AvgIpc) is 2.56. The topological polar surface area (TPSA) is 29.9 Å². The maximum atomic E-state index is 4.63. The molecule has 84 valence electrons. The van der Waals surface area contributed by atoms with Crippen LogP contribution in [-0.2, 0) is 19.5 Å². The van der Waals surface area contributed by atoms with Crippen LogP contribution in [0, 0.1) is 6.92 Å². The summed E-state index contributed by atoms with van der Waals surface area (Å²) in [6.45, 7) is 7.59. The highest BCUT2D eigenvalue weighted by molar-refractivity contribution is 5.19. The second-order valence-electron chi connectivity index (χ2n) is 4.34. The van der Waals surface area contributed by atoms with Gasteiger partial charge in [0.15, 0.2) is 0 Å². The SMILES string of the molecule is CCCCCn1c(C)nc2c1CCNC2. The summed E-state index contributed by atoms with van der Waals surface area (Å²) in [5, 5.41) is 3.37. The zero-order chi connectivity index (χ0) is 10.7. The Hall–Kier alpha value is -0.830. The molecule has 1 aliphatic rings. The molecular formula is C12H21N3. The molecule has 0 unspecified atom stereocenters. The van der Waals surface area contributed by atoms with Gasteiger partial charge in [-0.05, 0) is 13.3 Å². The lowest BCUT2D eigenvalue weighted by atomic mass is 10.1. The smallest absolute Gasteiger partial charge is 0.106 e. The van der Waals surface area contributed by atoms with Gasteiger partial charge in [0.05, 0.1) is 5.69 Å². The van der Waals surface area contributed by atoms with Crippen molar-refractivity contribution < 1.29 is 0 Å². The molecular weight excluding hydrogens is 186 g/mol. The molecule has 0 aliphatic carbocycles. The van der Waals surface area contributed by atoms with E-state index in [0.717, 1.165) is 26.1 Å². The molecule has 0 bridgehead atoms. The monoisotopic (exact) mass is 207 g/mol. The van der Waals surface area contributed by atoms with E-state index < -0.39 is 0 Å². The molecule has 1 aromatic rings. The molecule has 1 aromatic heterocycles. The maximum Gasteiger partial charge on any atom is 0.106 e. The Morgan fingerprint density at radius 1 is 1.40 bits per heavy atom. The summed E-state index contributed by atoms with van der Waals surface area (Å²) in [4.78, 5) is 4.63.